The summed E-state index contributed by atoms with van der Waals surface area (Å²) in [5.41, 5.74) is 1.19. The summed E-state index contributed by atoms with van der Waals surface area (Å²) in [7, 11) is 0. The van der Waals surface area contributed by atoms with Crippen LogP contribution in [0.4, 0.5) is 0 Å². The molecular formula is C21H31N5O3S. The maximum absolute atomic E-state index is 13.2. The number of aromatic nitrogens is 2. The van der Waals surface area contributed by atoms with Crippen LogP contribution in [0, 0.1) is 0 Å². The summed E-state index contributed by atoms with van der Waals surface area (Å²) < 4.78 is 7.10. The number of nitrogens with zero attached hydrogens (tertiary/aromatic N) is 4. The molecule has 164 valence electrons. The molecule has 2 aromatic rings. The van der Waals surface area contributed by atoms with E-state index in [4.69, 9.17) is 4.42 Å². The second kappa shape index (κ2) is 11.2. The molecule has 0 saturated carbocycles. The molecular weight excluding hydrogens is 402 g/mol. The molecule has 3 rings (SSSR count). The molecule has 1 aliphatic heterocycles. The maximum atomic E-state index is 13.2. The Kier molecular flexibility index (Phi) is 8.39. The molecule has 3 heterocycles. The third-order valence-electron chi connectivity index (χ3n) is 5.28. The van der Waals surface area contributed by atoms with E-state index in [1.54, 1.807) is 23.9 Å². The molecule has 0 aromatic carbocycles. The van der Waals surface area contributed by atoms with Crippen LogP contribution in [0.2, 0.25) is 0 Å². The number of carbonyl (C=O) groups excluding carboxylic acids is 2. The third kappa shape index (κ3) is 6.12. The molecule has 2 amide bonds. The van der Waals surface area contributed by atoms with Gasteiger partial charge < -0.3 is 14.6 Å². The summed E-state index contributed by atoms with van der Waals surface area (Å²) in [4.78, 5) is 29.9. The number of hydrogen-bond donors (Lipinski definition) is 1. The quantitative estimate of drug-likeness (QED) is 0.652. The molecule has 1 unspecified atom stereocenters. The summed E-state index contributed by atoms with van der Waals surface area (Å²) in [6, 6.07) is 2.74. The van der Waals surface area contributed by atoms with Crippen molar-refractivity contribution in [2.75, 3.05) is 38.2 Å². The number of carbonyl (C=O) groups is 2. The standard InChI is InChI=1S/C21H31N5O3S/c1-3-26-16-17(14-22-26)15-24-8-5-9-25(11-10-24)21(28)18(7-13-30-2)23-20(27)19-6-4-12-29-19/h4,6,12,14,16,18H,3,5,7-11,13,15H2,1-2H3,(H,23,27). The third-order valence-corrected chi connectivity index (χ3v) is 5.92. The van der Waals surface area contributed by atoms with Crippen LogP contribution in [0.25, 0.3) is 0 Å². The fourth-order valence-corrected chi connectivity index (χ4v) is 4.09. The van der Waals surface area contributed by atoms with Gasteiger partial charge in [0.25, 0.3) is 5.91 Å². The predicted molar refractivity (Wildman–Crippen MR) is 117 cm³/mol. The van der Waals surface area contributed by atoms with Gasteiger partial charge in [-0.05, 0) is 43.9 Å². The Bertz CT molecular complexity index is 807. The van der Waals surface area contributed by atoms with E-state index in [9.17, 15) is 9.59 Å². The molecule has 1 fully saturated rings. The van der Waals surface area contributed by atoms with E-state index in [2.05, 4.69) is 28.4 Å². The highest BCUT2D eigenvalue weighted by atomic mass is 32.2. The molecule has 1 atom stereocenters. The van der Waals surface area contributed by atoms with E-state index >= 15 is 0 Å². The van der Waals surface area contributed by atoms with Gasteiger partial charge in [0, 0.05) is 51.0 Å². The molecule has 1 saturated heterocycles. The van der Waals surface area contributed by atoms with E-state index in [0.717, 1.165) is 38.4 Å². The number of nitrogens with one attached hydrogen (secondary N) is 1. The van der Waals surface area contributed by atoms with Crippen LogP contribution in [0.5, 0.6) is 0 Å². The lowest BCUT2D eigenvalue weighted by atomic mass is 10.1. The first-order valence-corrected chi connectivity index (χ1v) is 11.9. The smallest absolute Gasteiger partial charge is 0.287 e. The summed E-state index contributed by atoms with van der Waals surface area (Å²) in [6.07, 6.45) is 8.97. The lowest BCUT2D eigenvalue weighted by molar-refractivity contribution is -0.133. The van der Waals surface area contributed by atoms with Crippen molar-refractivity contribution in [3.05, 3.63) is 42.1 Å². The van der Waals surface area contributed by atoms with Gasteiger partial charge in [-0.2, -0.15) is 16.9 Å². The zero-order chi connectivity index (χ0) is 21.3. The average Bonchev–Trinajstić information content (AvgIpc) is 3.39. The highest BCUT2D eigenvalue weighted by Gasteiger charge is 2.28. The van der Waals surface area contributed by atoms with Crippen molar-refractivity contribution in [1.29, 1.82) is 0 Å². The highest BCUT2D eigenvalue weighted by Crippen LogP contribution is 2.12. The minimum atomic E-state index is -0.538. The van der Waals surface area contributed by atoms with Gasteiger partial charge in [-0.1, -0.05) is 0 Å². The second-order valence-electron chi connectivity index (χ2n) is 7.44. The molecule has 0 aliphatic carbocycles. The Morgan fingerprint density at radius 3 is 2.87 bits per heavy atom. The minimum Gasteiger partial charge on any atom is -0.459 e. The van der Waals surface area contributed by atoms with E-state index < -0.39 is 6.04 Å². The van der Waals surface area contributed by atoms with E-state index in [1.165, 1.54) is 11.8 Å². The van der Waals surface area contributed by atoms with E-state index in [0.29, 0.717) is 19.5 Å². The predicted octanol–water partition coefficient (Wildman–Crippen LogP) is 2.08. The molecule has 1 N–H and O–H groups in total. The lowest BCUT2D eigenvalue weighted by Crippen LogP contribution is -2.49. The first-order valence-electron chi connectivity index (χ1n) is 10.5. The number of aryl methyl sites for hydroxylation is 1. The Morgan fingerprint density at radius 1 is 1.30 bits per heavy atom. The van der Waals surface area contributed by atoms with Crippen molar-refractivity contribution < 1.29 is 14.0 Å². The van der Waals surface area contributed by atoms with Crippen LogP contribution in [0.3, 0.4) is 0 Å². The molecule has 0 radical (unpaired) electrons. The van der Waals surface area contributed by atoms with Crippen LogP contribution in [0.15, 0.2) is 35.2 Å². The minimum absolute atomic E-state index is 0.00962. The van der Waals surface area contributed by atoms with E-state index in [1.807, 2.05) is 22.0 Å². The van der Waals surface area contributed by atoms with Gasteiger partial charge in [0.1, 0.15) is 6.04 Å². The number of thioether (sulfide) groups is 1. The topological polar surface area (TPSA) is 83.6 Å². The van der Waals surface area contributed by atoms with Crippen molar-refractivity contribution in [3.8, 4) is 0 Å². The summed E-state index contributed by atoms with van der Waals surface area (Å²) in [5.74, 6) is 0.677. The summed E-state index contributed by atoms with van der Waals surface area (Å²) in [5, 5.41) is 7.21. The van der Waals surface area contributed by atoms with Gasteiger partial charge in [0.15, 0.2) is 5.76 Å². The van der Waals surface area contributed by atoms with Gasteiger partial charge in [-0.15, -0.1) is 0 Å². The Balaban J connectivity index is 1.57. The Morgan fingerprint density at radius 2 is 2.17 bits per heavy atom. The molecule has 9 heteroatoms. The highest BCUT2D eigenvalue weighted by molar-refractivity contribution is 7.98. The van der Waals surface area contributed by atoms with Crippen LogP contribution >= 0.6 is 11.8 Å². The first kappa shape index (κ1) is 22.4. The van der Waals surface area contributed by atoms with Crippen molar-refractivity contribution >= 4 is 23.6 Å². The fourth-order valence-electron chi connectivity index (χ4n) is 3.62. The second-order valence-corrected chi connectivity index (χ2v) is 8.43. The number of amides is 2. The monoisotopic (exact) mass is 433 g/mol. The first-order chi connectivity index (χ1) is 14.6. The Hall–Kier alpha value is -2.26. The normalized spacial score (nSPS) is 16.3. The van der Waals surface area contributed by atoms with Crippen molar-refractivity contribution in [2.24, 2.45) is 0 Å². The molecule has 2 aromatic heterocycles. The van der Waals surface area contributed by atoms with Crippen molar-refractivity contribution in [2.45, 2.75) is 38.9 Å². The van der Waals surface area contributed by atoms with E-state index in [-0.39, 0.29) is 17.6 Å². The number of rotatable bonds is 9. The van der Waals surface area contributed by atoms with Gasteiger partial charge in [0.05, 0.1) is 12.5 Å². The fraction of sp³-hybridized carbons (Fsp3) is 0.571. The molecule has 8 nitrogen and oxygen atoms in total. The Labute approximate surface area is 182 Å². The summed E-state index contributed by atoms with van der Waals surface area (Å²) >= 11 is 1.67. The van der Waals surface area contributed by atoms with Gasteiger partial charge >= 0.3 is 0 Å². The number of hydrogen-bond acceptors (Lipinski definition) is 6. The van der Waals surface area contributed by atoms with Gasteiger partial charge in [-0.25, -0.2) is 0 Å². The maximum Gasteiger partial charge on any atom is 0.287 e. The van der Waals surface area contributed by atoms with Crippen molar-refractivity contribution in [3.63, 3.8) is 0 Å². The van der Waals surface area contributed by atoms with Crippen LogP contribution in [-0.2, 0) is 17.9 Å². The SMILES string of the molecule is CCn1cc(CN2CCCN(C(=O)C(CCSC)NC(=O)c3ccco3)CC2)cn1. The van der Waals surface area contributed by atoms with Crippen LogP contribution in [-0.4, -0.2) is 75.6 Å². The average molecular weight is 434 g/mol. The van der Waals surface area contributed by atoms with Crippen molar-refractivity contribution in [1.82, 2.24) is 24.9 Å². The molecule has 0 bridgehead atoms. The molecule has 1 aliphatic rings. The zero-order valence-electron chi connectivity index (χ0n) is 17.7. The number of furan rings is 1. The molecule has 0 spiro atoms. The van der Waals surface area contributed by atoms with Gasteiger partial charge in [0.2, 0.25) is 5.91 Å². The zero-order valence-corrected chi connectivity index (χ0v) is 18.6. The van der Waals surface area contributed by atoms with Crippen LogP contribution < -0.4 is 5.32 Å². The van der Waals surface area contributed by atoms with Gasteiger partial charge in [-0.3, -0.25) is 19.2 Å². The summed E-state index contributed by atoms with van der Waals surface area (Å²) in [6.45, 7) is 6.89. The largest absolute Gasteiger partial charge is 0.459 e. The van der Waals surface area contributed by atoms with Crippen LogP contribution in [0.1, 0.15) is 35.9 Å². The molecule has 30 heavy (non-hydrogen) atoms. The lowest BCUT2D eigenvalue weighted by Gasteiger charge is -2.27.